The zero-order chi connectivity index (χ0) is 18.9. The molecule has 3 atom stereocenters. The van der Waals surface area contributed by atoms with Gasteiger partial charge in [-0.05, 0) is 56.7 Å². The van der Waals surface area contributed by atoms with Crippen molar-refractivity contribution in [1.29, 1.82) is 0 Å². The highest BCUT2D eigenvalue weighted by atomic mass is 19.3. The van der Waals surface area contributed by atoms with Crippen LogP contribution < -0.4 is 0 Å². The molecule has 3 fully saturated rings. The lowest BCUT2D eigenvalue weighted by Crippen LogP contribution is -2.62. The molecule has 5 nitrogen and oxygen atoms in total. The van der Waals surface area contributed by atoms with E-state index in [9.17, 15) is 18.7 Å². The van der Waals surface area contributed by atoms with Gasteiger partial charge in [-0.1, -0.05) is 20.3 Å². The van der Waals surface area contributed by atoms with Crippen molar-refractivity contribution in [2.75, 3.05) is 39.3 Å². The van der Waals surface area contributed by atoms with Gasteiger partial charge in [-0.25, -0.2) is 13.6 Å². The summed E-state index contributed by atoms with van der Waals surface area (Å²) in [7, 11) is 0. The number of carbonyl (C=O) groups is 1. The minimum absolute atomic E-state index is 0.115. The van der Waals surface area contributed by atoms with Crippen molar-refractivity contribution in [3.63, 3.8) is 0 Å². The molecule has 150 valence electrons. The number of halogens is 2. The van der Waals surface area contributed by atoms with Gasteiger partial charge in [-0.3, -0.25) is 9.80 Å². The maximum absolute atomic E-state index is 12.8. The maximum Gasteiger partial charge on any atom is 0.407 e. The number of alkyl halides is 2. The number of carboxylic acid groups (broad SMARTS) is 1. The Morgan fingerprint density at radius 2 is 1.96 bits per heavy atom. The van der Waals surface area contributed by atoms with Crippen LogP contribution in [-0.2, 0) is 0 Å². The molecule has 26 heavy (non-hydrogen) atoms. The number of likely N-dealkylation sites (tertiary alicyclic amines) is 2. The van der Waals surface area contributed by atoms with Crippen molar-refractivity contribution in [2.45, 2.75) is 64.5 Å². The third kappa shape index (κ3) is 3.70. The van der Waals surface area contributed by atoms with Crippen LogP contribution in [0.4, 0.5) is 13.6 Å². The van der Waals surface area contributed by atoms with Gasteiger partial charge in [0.2, 0.25) is 0 Å². The third-order valence-electron chi connectivity index (χ3n) is 7.23. The molecule has 7 heteroatoms. The Hall–Kier alpha value is -0.950. The molecule has 2 heterocycles. The molecule has 1 N–H and O–H groups in total. The first-order valence-corrected chi connectivity index (χ1v) is 10.1. The van der Waals surface area contributed by atoms with E-state index in [4.69, 9.17) is 0 Å². The molecule has 0 aromatic heterocycles. The summed E-state index contributed by atoms with van der Waals surface area (Å²) in [5, 5.41) is 9.26. The Bertz CT molecular complexity index is 499. The summed E-state index contributed by atoms with van der Waals surface area (Å²) in [5.41, 5.74) is 0.180. The Morgan fingerprint density at radius 1 is 1.27 bits per heavy atom. The van der Waals surface area contributed by atoms with E-state index in [1.807, 2.05) is 11.8 Å². The van der Waals surface area contributed by atoms with Gasteiger partial charge in [-0.15, -0.1) is 0 Å². The minimum Gasteiger partial charge on any atom is -0.465 e. The normalized spacial score (nSPS) is 33.4. The first kappa shape index (κ1) is 19.8. The molecule has 1 saturated carbocycles. The molecule has 0 aromatic rings. The molecule has 2 aliphatic heterocycles. The molecule has 1 aliphatic carbocycles. The summed E-state index contributed by atoms with van der Waals surface area (Å²) in [6.45, 7) is 8.06. The van der Waals surface area contributed by atoms with Crippen LogP contribution >= 0.6 is 0 Å². The van der Waals surface area contributed by atoms with E-state index < -0.39 is 12.5 Å². The standard InChI is InChI=1S/C19H33F2N3O2/c1-3-15-16(11-19(15)7-10-24(13-19)18(25)26)23-8-5-14(6-9-23)22(4-2)12-17(20)21/h14-17H,3-13H2,1-2H3,(H,25,26). The fourth-order valence-electron chi connectivity index (χ4n) is 5.87. The summed E-state index contributed by atoms with van der Waals surface area (Å²) in [4.78, 5) is 17.3. The third-order valence-corrected chi connectivity index (χ3v) is 7.23. The molecule has 3 rings (SSSR count). The quantitative estimate of drug-likeness (QED) is 0.777. The van der Waals surface area contributed by atoms with Crippen LogP contribution in [-0.4, -0.2) is 83.7 Å². The van der Waals surface area contributed by atoms with Crippen LogP contribution in [0.5, 0.6) is 0 Å². The van der Waals surface area contributed by atoms with E-state index in [0.717, 1.165) is 45.2 Å². The first-order valence-electron chi connectivity index (χ1n) is 10.1. The number of rotatable bonds is 6. The lowest BCUT2D eigenvalue weighted by molar-refractivity contribution is -0.0836. The van der Waals surface area contributed by atoms with Crippen molar-refractivity contribution in [3.8, 4) is 0 Å². The Balaban J connectivity index is 1.53. The second-order valence-corrected chi connectivity index (χ2v) is 8.35. The molecule has 3 aliphatic rings. The number of amides is 1. The molecule has 0 bridgehead atoms. The molecule has 0 radical (unpaired) electrons. The zero-order valence-electron chi connectivity index (χ0n) is 16.0. The molecular weight excluding hydrogens is 340 g/mol. The SMILES string of the molecule is CCC1C(N2CCC(N(CC)CC(F)F)CC2)CC12CCN(C(=O)O)C2. The monoisotopic (exact) mass is 373 g/mol. The van der Waals surface area contributed by atoms with Crippen LogP contribution in [0.1, 0.15) is 46.0 Å². The van der Waals surface area contributed by atoms with Gasteiger partial charge in [0.15, 0.2) is 0 Å². The zero-order valence-corrected chi connectivity index (χ0v) is 16.0. The summed E-state index contributed by atoms with van der Waals surface area (Å²) in [6.07, 6.45) is 2.04. The van der Waals surface area contributed by atoms with Gasteiger partial charge in [0.05, 0.1) is 6.54 Å². The van der Waals surface area contributed by atoms with Crippen LogP contribution in [0.3, 0.4) is 0 Å². The highest BCUT2D eigenvalue weighted by Gasteiger charge is 2.57. The van der Waals surface area contributed by atoms with Gasteiger partial charge < -0.3 is 10.0 Å². The largest absolute Gasteiger partial charge is 0.465 e. The Morgan fingerprint density at radius 3 is 2.46 bits per heavy atom. The number of piperidine rings is 1. The predicted octanol–water partition coefficient (Wildman–Crippen LogP) is 3.21. The number of hydrogen-bond donors (Lipinski definition) is 1. The lowest BCUT2D eigenvalue weighted by Gasteiger charge is -2.58. The van der Waals surface area contributed by atoms with E-state index in [-0.39, 0.29) is 18.0 Å². The fourth-order valence-corrected chi connectivity index (χ4v) is 5.87. The second-order valence-electron chi connectivity index (χ2n) is 8.35. The van der Waals surface area contributed by atoms with Crippen molar-refractivity contribution >= 4 is 6.09 Å². The van der Waals surface area contributed by atoms with Crippen LogP contribution in [0.15, 0.2) is 0 Å². The lowest BCUT2D eigenvalue weighted by atomic mass is 9.54. The summed E-state index contributed by atoms with van der Waals surface area (Å²) >= 11 is 0. The molecule has 3 unspecified atom stereocenters. The topological polar surface area (TPSA) is 47.0 Å². The Labute approximate surface area is 155 Å². The molecule has 1 spiro atoms. The first-order chi connectivity index (χ1) is 12.4. The van der Waals surface area contributed by atoms with Crippen LogP contribution in [0.25, 0.3) is 0 Å². The summed E-state index contributed by atoms with van der Waals surface area (Å²) < 4.78 is 25.5. The molecule has 2 saturated heterocycles. The maximum atomic E-state index is 12.8. The van der Waals surface area contributed by atoms with E-state index in [1.165, 1.54) is 0 Å². The smallest absolute Gasteiger partial charge is 0.407 e. The van der Waals surface area contributed by atoms with Crippen LogP contribution in [0, 0.1) is 11.3 Å². The Kier molecular flexibility index (Phi) is 6.07. The van der Waals surface area contributed by atoms with Crippen molar-refractivity contribution in [1.82, 2.24) is 14.7 Å². The number of nitrogens with zero attached hydrogens (tertiary/aromatic N) is 3. The van der Waals surface area contributed by atoms with Crippen molar-refractivity contribution < 1.29 is 18.7 Å². The average molecular weight is 373 g/mol. The second kappa shape index (κ2) is 7.97. The van der Waals surface area contributed by atoms with Crippen molar-refractivity contribution in [3.05, 3.63) is 0 Å². The summed E-state index contributed by atoms with van der Waals surface area (Å²) in [6, 6.07) is 0.813. The highest BCUT2D eigenvalue weighted by molar-refractivity contribution is 5.65. The highest BCUT2D eigenvalue weighted by Crippen LogP contribution is 2.56. The van der Waals surface area contributed by atoms with Gasteiger partial charge in [0.25, 0.3) is 6.43 Å². The predicted molar refractivity (Wildman–Crippen MR) is 96.7 cm³/mol. The molecular formula is C19H33F2N3O2. The fraction of sp³-hybridized carbons (Fsp3) is 0.947. The molecule has 0 aromatic carbocycles. The summed E-state index contributed by atoms with van der Waals surface area (Å²) in [5.74, 6) is 0.562. The van der Waals surface area contributed by atoms with Crippen molar-refractivity contribution in [2.24, 2.45) is 11.3 Å². The average Bonchev–Trinajstić information content (AvgIpc) is 3.06. The van der Waals surface area contributed by atoms with Gasteiger partial charge in [0, 0.05) is 25.2 Å². The van der Waals surface area contributed by atoms with Gasteiger partial charge >= 0.3 is 6.09 Å². The van der Waals surface area contributed by atoms with E-state index >= 15 is 0 Å². The minimum atomic E-state index is -2.26. The van der Waals surface area contributed by atoms with Gasteiger partial charge in [0.1, 0.15) is 0 Å². The van der Waals surface area contributed by atoms with E-state index in [1.54, 1.807) is 4.90 Å². The van der Waals surface area contributed by atoms with E-state index in [2.05, 4.69) is 11.8 Å². The van der Waals surface area contributed by atoms with E-state index in [0.29, 0.717) is 31.6 Å². The number of hydrogen-bond acceptors (Lipinski definition) is 3. The van der Waals surface area contributed by atoms with Crippen LogP contribution in [0.2, 0.25) is 0 Å². The van der Waals surface area contributed by atoms with Gasteiger partial charge in [-0.2, -0.15) is 0 Å². The molecule has 1 amide bonds.